The SMILES string of the molecule is Cc1ccc2c(CN3CCN(C(=O)c4c(F)cccc4F)CC3)cc(=O)oc2c1. The van der Waals surface area contributed by atoms with Crippen LogP contribution in [0.3, 0.4) is 0 Å². The average Bonchev–Trinajstić information content (AvgIpc) is 2.68. The van der Waals surface area contributed by atoms with Crippen molar-refractivity contribution in [1.82, 2.24) is 9.80 Å². The van der Waals surface area contributed by atoms with Gasteiger partial charge in [0.25, 0.3) is 5.91 Å². The van der Waals surface area contributed by atoms with Gasteiger partial charge in [-0.25, -0.2) is 13.6 Å². The number of hydrogen-bond acceptors (Lipinski definition) is 4. The highest BCUT2D eigenvalue weighted by atomic mass is 19.1. The third-order valence-corrected chi connectivity index (χ3v) is 5.22. The minimum absolute atomic E-state index is 0.352. The fourth-order valence-corrected chi connectivity index (χ4v) is 3.68. The van der Waals surface area contributed by atoms with E-state index in [9.17, 15) is 18.4 Å². The first-order valence-electron chi connectivity index (χ1n) is 9.41. The molecular weight excluding hydrogens is 378 g/mol. The molecule has 1 fully saturated rings. The Kier molecular flexibility index (Phi) is 5.15. The molecule has 1 aliphatic heterocycles. The van der Waals surface area contributed by atoms with Gasteiger partial charge in [-0.3, -0.25) is 9.69 Å². The molecule has 5 nitrogen and oxygen atoms in total. The zero-order valence-corrected chi connectivity index (χ0v) is 16.0. The van der Waals surface area contributed by atoms with E-state index in [0.29, 0.717) is 38.3 Å². The van der Waals surface area contributed by atoms with Crippen LogP contribution in [0.25, 0.3) is 11.0 Å². The topological polar surface area (TPSA) is 53.8 Å². The fourth-order valence-electron chi connectivity index (χ4n) is 3.68. The van der Waals surface area contributed by atoms with Crippen molar-refractivity contribution in [3.63, 3.8) is 0 Å². The van der Waals surface area contributed by atoms with Gasteiger partial charge in [0.05, 0.1) is 0 Å². The van der Waals surface area contributed by atoms with Crippen LogP contribution in [0.5, 0.6) is 0 Å². The maximum Gasteiger partial charge on any atom is 0.336 e. The molecule has 2 aromatic carbocycles. The molecular formula is C22H20F2N2O3. The van der Waals surface area contributed by atoms with Crippen LogP contribution in [-0.4, -0.2) is 41.9 Å². The number of benzene rings is 2. The summed E-state index contributed by atoms with van der Waals surface area (Å²) in [7, 11) is 0. The van der Waals surface area contributed by atoms with Gasteiger partial charge in [-0.05, 0) is 36.2 Å². The molecule has 0 spiro atoms. The zero-order valence-electron chi connectivity index (χ0n) is 16.0. The lowest BCUT2D eigenvalue weighted by Gasteiger charge is -2.35. The molecule has 1 saturated heterocycles. The molecule has 1 amide bonds. The first-order valence-corrected chi connectivity index (χ1v) is 9.41. The summed E-state index contributed by atoms with van der Waals surface area (Å²) in [5.74, 6) is -2.34. The van der Waals surface area contributed by atoms with Crippen molar-refractivity contribution in [2.45, 2.75) is 13.5 Å². The molecule has 150 valence electrons. The molecule has 0 saturated carbocycles. The van der Waals surface area contributed by atoms with E-state index in [-0.39, 0.29) is 0 Å². The lowest BCUT2D eigenvalue weighted by molar-refractivity contribution is 0.0619. The van der Waals surface area contributed by atoms with Gasteiger partial charge in [-0.1, -0.05) is 18.2 Å². The highest BCUT2D eigenvalue weighted by Gasteiger charge is 2.26. The van der Waals surface area contributed by atoms with E-state index in [2.05, 4.69) is 4.90 Å². The van der Waals surface area contributed by atoms with Crippen molar-refractivity contribution in [3.05, 3.63) is 81.2 Å². The van der Waals surface area contributed by atoms with Crippen molar-refractivity contribution < 1.29 is 18.0 Å². The summed E-state index contributed by atoms with van der Waals surface area (Å²) in [6, 6.07) is 10.6. The Morgan fingerprint density at radius 2 is 1.72 bits per heavy atom. The number of hydrogen-bond donors (Lipinski definition) is 0. The average molecular weight is 398 g/mol. The second kappa shape index (κ2) is 7.75. The van der Waals surface area contributed by atoms with E-state index in [4.69, 9.17) is 4.42 Å². The quantitative estimate of drug-likeness (QED) is 0.635. The molecule has 0 radical (unpaired) electrons. The highest BCUT2D eigenvalue weighted by molar-refractivity contribution is 5.94. The van der Waals surface area contributed by atoms with E-state index in [1.807, 2.05) is 25.1 Å². The van der Waals surface area contributed by atoms with Crippen molar-refractivity contribution in [3.8, 4) is 0 Å². The standard InChI is InChI=1S/C22H20F2N2O3/c1-14-5-6-16-15(12-20(27)29-19(16)11-14)13-25-7-9-26(10-8-25)22(28)21-17(23)3-2-4-18(21)24/h2-6,11-12H,7-10,13H2,1H3. The second-order valence-electron chi connectivity index (χ2n) is 7.26. The maximum absolute atomic E-state index is 13.9. The van der Waals surface area contributed by atoms with Gasteiger partial charge in [0.15, 0.2) is 0 Å². The summed E-state index contributed by atoms with van der Waals surface area (Å²) < 4.78 is 33.1. The van der Waals surface area contributed by atoms with E-state index in [1.165, 1.54) is 17.0 Å². The summed E-state index contributed by atoms with van der Waals surface area (Å²) >= 11 is 0. The Labute approximate surface area is 166 Å². The van der Waals surface area contributed by atoms with Crippen LogP contribution >= 0.6 is 0 Å². The number of carbonyl (C=O) groups is 1. The summed E-state index contributed by atoms with van der Waals surface area (Å²) in [5, 5.41) is 0.877. The smallest absolute Gasteiger partial charge is 0.336 e. The molecule has 0 atom stereocenters. The molecule has 2 heterocycles. The molecule has 3 aromatic rings. The van der Waals surface area contributed by atoms with Gasteiger partial charge in [-0.15, -0.1) is 0 Å². The largest absolute Gasteiger partial charge is 0.423 e. The maximum atomic E-state index is 13.9. The lowest BCUT2D eigenvalue weighted by Crippen LogP contribution is -2.48. The number of rotatable bonds is 3. The Bertz CT molecular complexity index is 1110. The lowest BCUT2D eigenvalue weighted by atomic mass is 10.1. The fraction of sp³-hybridized carbons (Fsp3) is 0.273. The minimum atomic E-state index is -0.852. The Hall–Kier alpha value is -3.06. The number of nitrogens with zero attached hydrogens (tertiary/aromatic N) is 2. The summed E-state index contributed by atoms with van der Waals surface area (Å²) in [6.45, 7) is 4.24. The molecule has 0 N–H and O–H groups in total. The second-order valence-corrected chi connectivity index (χ2v) is 7.26. The van der Waals surface area contributed by atoms with Crippen LogP contribution < -0.4 is 5.63 Å². The van der Waals surface area contributed by atoms with Crippen LogP contribution in [0.2, 0.25) is 0 Å². The van der Waals surface area contributed by atoms with Crippen molar-refractivity contribution in [1.29, 1.82) is 0 Å². The van der Waals surface area contributed by atoms with Crippen LogP contribution in [-0.2, 0) is 6.54 Å². The molecule has 7 heteroatoms. The van der Waals surface area contributed by atoms with Gasteiger partial charge in [0, 0.05) is 44.2 Å². The van der Waals surface area contributed by atoms with Gasteiger partial charge < -0.3 is 9.32 Å². The summed E-state index contributed by atoms with van der Waals surface area (Å²) in [4.78, 5) is 28.0. The molecule has 0 aliphatic carbocycles. The van der Waals surface area contributed by atoms with Crippen molar-refractivity contribution in [2.75, 3.05) is 26.2 Å². The van der Waals surface area contributed by atoms with Crippen LogP contribution in [0.1, 0.15) is 21.5 Å². The normalized spacial score (nSPS) is 15.1. The number of carbonyl (C=O) groups excluding carboxylic acids is 1. The molecule has 0 bridgehead atoms. The monoisotopic (exact) mass is 398 g/mol. The van der Waals surface area contributed by atoms with Crippen LogP contribution in [0, 0.1) is 18.6 Å². The van der Waals surface area contributed by atoms with E-state index in [1.54, 1.807) is 0 Å². The Morgan fingerprint density at radius 3 is 2.41 bits per heavy atom. The van der Waals surface area contributed by atoms with E-state index in [0.717, 1.165) is 28.6 Å². The first kappa shape index (κ1) is 19.3. The molecule has 1 aromatic heterocycles. The molecule has 29 heavy (non-hydrogen) atoms. The molecule has 4 rings (SSSR count). The van der Waals surface area contributed by atoms with Crippen molar-refractivity contribution in [2.24, 2.45) is 0 Å². The van der Waals surface area contributed by atoms with Gasteiger partial charge >= 0.3 is 5.63 Å². The zero-order chi connectivity index (χ0) is 20.5. The number of aryl methyl sites for hydroxylation is 1. The summed E-state index contributed by atoms with van der Waals surface area (Å²) in [6.07, 6.45) is 0. The highest BCUT2D eigenvalue weighted by Crippen LogP contribution is 2.21. The first-order chi connectivity index (χ1) is 13.9. The number of amides is 1. The van der Waals surface area contributed by atoms with Crippen LogP contribution in [0.4, 0.5) is 8.78 Å². The third-order valence-electron chi connectivity index (χ3n) is 5.22. The van der Waals surface area contributed by atoms with Gasteiger partial charge in [0.2, 0.25) is 0 Å². The third kappa shape index (κ3) is 3.91. The number of halogens is 2. The van der Waals surface area contributed by atoms with E-state index < -0.39 is 28.7 Å². The predicted octanol–water partition coefficient (Wildman–Crippen LogP) is 3.34. The number of piperazine rings is 1. The van der Waals surface area contributed by atoms with Gasteiger partial charge in [0.1, 0.15) is 22.8 Å². The summed E-state index contributed by atoms with van der Waals surface area (Å²) in [5.41, 5.74) is 1.50. The van der Waals surface area contributed by atoms with Crippen LogP contribution in [0.15, 0.2) is 51.7 Å². The molecule has 1 aliphatic rings. The predicted molar refractivity (Wildman–Crippen MR) is 105 cm³/mol. The number of fused-ring (bicyclic) bond motifs is 1. The molecule has 0 unspecified atom stereocenters. The van der Waals surface area contributed by atoms with Gasteiger partial charge in [-0.2, -0.15) is 0 Å². The van der Waals surface area contributed by atoms with Crippen molar-refractivity contribution >= 4 is 16.9 Å². The minimum Gasteiger partial charge on any atom is -0.423 e. The Balaban J connectivity index is 1.48. The van der Waals surface area contributed by atoms with E-state index >= 15 is 0 Å². The Morgan fingerprint density at radius 1 is 1.03 bits per heavy atom.